The largest absolute Gasteiger partial charge is 0.463 e. The molecule has 0 aliphatic heterocycles. The highest BCUT2D eigenvalue weighted by Crippen LogP contribution is 2.25. The van der Waals surface area contributed by atoms with E-state index in [0.29, 0.717) is 18.0 Å². The maximum atomic E-state index is 12.3. The monoisotopic (exact) mass is 308 g/mol. The van der Waals surface area contributed by atoms with Gasteiger partial charge in [0, 0.05) is 6.54 Å². The van der Waals surface area contributed by atoms with Crippen LogP contribution in [-0.4, -0.2) is 27.4 Å². The summed E-state index contributed by atoms with van der Waals surface area (Å²) in [6.45, 7) is 5.95. The van der Waals surface area contributed by atoms with Gasteiger partial charge in [-0.1, -0.05) is 29.0 Å². The molecule has 0 aliphatic rings. The Kier molecular flexibility index (Phi) is 4.05. The minimum atomic E-state index is -0.324. The summed E-state index contributed by atoms with van der Waals surface area (Å²) in [5, 5.41) is 10.9. The molecule has 1 N–H and O–H groups in total. The van der Waals surface area contributed by atoms with Crippen molar-refractivity contribution in [2.45, 2.75) is 6.92 Å². The molecule has 0 atom stereocenters. The highest BCUT2D eigenvalue weighted by molar-refractivity contribution is 5.97. The first-order chi connectivity index (χ1) is 11.2. The highest BCUT2D eigenvalue weighted by atomic mass is 16.3. The van der Waals surface area contributed by atoms with Gasteiger partial charge in [0.1, 0.15) is 5.69 Å². The first-order valence-electron chi connectivity index (χ1n) is 7.16. The van der Waals surface area contributed by atoms with E-state index in [2.05, 4.69) is 22.2 Å². The number of rotatable bonds is 5. The third-order valence-corrected chi connectivity index (χ3v) is 3.33. The van der Waals surface area contributed by atoms with E-state index in [-0.39, 0.29) is 11.6 Å². The van der Waals surface area contributed by atoms with Gasteiger partial charge in [0.2, 0.25) is 0 Å². The number of carbonyl (C=O) groups excluding carboxylic acids is 1. The van der Waals surface area contributed by atoms with Crippen LogP contribution in [0.1, 0.15) is 16.1 Å². The van der Waals surface area contributed by atoms with Gasteiger partial charge in [-0.05, 0) is 31.2 Å². The van der Waals surface area contributed by atoms with Gasteiger partial charge in [0.05, 0.1) is 12.0 Å². The van der Waals surface area contributed by atoms with Crippen molar-refractivity contribution in [3.63, 3.8) is 0 Å². The predicted molar refractivity (Wildman–Crippen MR) is 86.3 cm³/mol. The summed E-state index contributed by atoms with van der Waals surface area (Å²) < 4.78 is 7.06. The fraction of sp³-hybridized carbons (Fsp3) is 0.118. The number of carbonyl (C=O) groups is 1. The Labute approximate surface area is 133 Å². The van der Waals surface area contributed by atoms with Crippen molar-refractivity contribution in [3.05, 3.63) is 66.6 Å². The molecule has 0 bridgehead atoms. The highest BCUT2D eigenvalue weighted by Gasteiger charge is 2.23. The minimum absolute atomic E-state index is 0.211. The molecule has 1 aromatic carbocycles. The summed E-state index contributed by atoms with van der Waals surface area (Å²) in [4.78, 5) is 12.3. The molecule has 116 valence electrons. The number of amides is 1. The second-order valence-electron chi connectivity index (χ2n) is 5.01. The van der Waals surface area contributed by atoms with Gasteiger partial charge in [0.15, 0.2) is 11.5 Å². The van der Waals surface area contributed by atoms with Crippen LogP contribution >= 0.6 is 0 Å². The van der Waals surface area contributed by atoms with Gasteiger partial charge in [-0.2, -0.15) is 0 Å². The number of hydrogen-bond donors (Lipinski definition) is 1. The molecule has 1 amide bonds. The molecule has 3 aromatic rings. The lowest BCUT2D eigenvalue weighted by Gasteiger charge is -2.06. The van der Waals surface area contributed by atoms with E-state index in [1.807, 2.05) is 31.2 Å². The van der Waals surface area contributed by atoms with Gasteiger partial charge >= 0.3 is 0 Å². The van der Waals surface area contributed by atoms with Crippen molar-refractivity contribution in [1.82, 2.24) is 20.3 Å². The molecule has 0 spiro atoms. The normalized spacial score (nSPS) is 10.5. The number of nitrogens with zero attached hydrogens (tertiary/aromatic N) is 3. The molecule has 3 rings (SSSR count). The van der Waals surface area contributed by atoms with Crippen LogP contribution in [0.3, 0.4) is 0 Å². The third-order valence-electron chi connectivity index (χ3n) is 3.33. The first kappa shape index (κ1) is 14.8. The quantitative estimate of drug-likeness (QED) is 0.736. The Balaban J connectivity index is 2.10. The summed E-state index contributed by atoms with van der Waals surface area (Å²) in [7, 11) is 0. The van der Waals surface area contributed by atoms with Gasteiger partial charge < -0.3 is 9.73 Å². The lowest BCUT2D eigenvalue weighted by atomic mass is 10.2. The molecule has 2 heterocycles. The zero-order valence-corrected chi connectivity index (χ0v) is 12.7. The maximum Gasteiger partial charge on any atom is 0.274 e. The Hall–Kier alpha value is -3.15. The second-order valence-corrected chi connectivity index (χ2v) is 5.01. The zero-order chi connectivity index (χ0) is 16.2. The van der Waals surface area contributed by atoms with Crippen LogP contribution in [0.4, 0.5) is 0 Å². The van der Waals surface area contributed by atoms with E-state index < -0.39 is 0 Å². The van der Waals surface area contributed by atoms with E-state index in [9.17, 15) is 4.79 Å². The summed E-state index contributed by atoms with van der Waals surface area (Å²) in [6.07, 6.45) is 3.15. The van der Waals surface area contributed by atoms with E-state index in [4.69, 9.17) is 4.42 Å². The van der Waals surface area contributed by atoms with Crippen LogP contribution < -0.4 is 5.32 Å². The van der Waals surface area contributed by atoms with Crippen LogP contribution in [0.15, 0.2) is 59.7 Å². The lowest BCUT2D eigenvalue weighted by molar-refractivity contribution is 0.0953. The first-order valence-corrected chi connectivity index (χ1v) is 7.16. The number of furan rings is 1. The van der Waals surface area contributed by atoms with Crippen molar-refractivity contribution < 1.29 is 9.21 Å². The molecule has 0 radical (unpaired) electrons. The summed E-state index contributed by atoms with van der Waals surface area (Å²) in [6, 6.07) is 11.3. The van der Waals surface area contributed by atoms with Crippen molar-refractivity contribution in [1.29, 1.82) is 0 Å². The third kappa shape index (κ3) is 2.91. The summed E-state index contributed by atoms with van der Waals surface area (Å²) in [5.41, 5.74) is 2.66. The molecule has 23 heavy (non-hydrogen) atoms. The predicted octanol–water partition coefficient (Wildman–Crippen LogP) is 2.75. The van der Waals surface area contributed by atoms with Crippen LogP contribution in [0, 0.1) is 6.92 Å². The fourth-order valence-electron chi connectivity index (χ4n) is 2.18. The molecule has 6 heteroatoms. The molecule has 0 saturated carbocycles. The Morgan fingerprint density at radius 3 is 2.78 bits per heavy atom. The smallest absolute Gasteiger partial charge is 0.274 e. The number of nitrogens with one attached hydrogen (secondary N) is 1. The summed E-state index contributed by atoms with van der Waals surface area (Å²) >= 11 is 0. The van der Waals surface area contributed by atoms with Gasteiger partial charge in [-0.3, -0.25) is 4.79 Å². The average Bonchev–Trinajstić information content (AvgIpc) is 3.22. The molecule has 0 unspecified atom stereocenters. The zero-order valence-electron chi connectivity index (χ0n) is 12.7. The Morgan fingerprint density at radius 2 is 2.13 bits per heavy atom. The van der Waals surface area contributed by atoms with Gasteiger partial charge in [-0.15, -0.1) is 11.7 Å². The molecule has 0 saturated heterocycles. The van der Waals surface area contributed by atoms with Crippen LogP contribution in [0.5, 0.6) is 0 Å². The molecule has 0 aliphatic carbocycles. The molecule has 2 aromatic heterocycles. The molecule has 6 nitrogen and oxygen atoms in total. The van der Waals surface area contributed by atoms with E-state index in [1.165, 1.54) is 0 Å². The van der Waals surface area contributed by atoms with E-state index >= 15 is 0 Å². The van der Waals surface area contributed by atoms with Crippen LogP contribution in [0.25, 0.3) is 17.1 Å². The number of hydrogen-bond acceptors (Lipinski definition) is 4. The molecule has 0 fully saturated rings. The number of benzene rings is 1. The minimum Gasteiger partial charge on any atom is -0.463 e. The SMILES string of the molecule is C=CCNC(=O)c1nnn(-c2ccc(C)cc2)c1-c1ccco1. The second kappa shape index (κ2) is 6.31. The van der Waals surface area contributed by atoms with Crippen molar-refractivity contribution in [2.75, 3.05) is 6.54 Å². The Morgan fingerprint density at radius 1 is 1.35 bits per heavy atom. The van der Waals surface area contributed by atoms with Crippen molar-refractivity contribution in [2.24, 2.45) is 0 Å². The molecular formula is C17H16N4O2. The molecular weight excluding hydrogens is 292 g/mol. The summed E-state index contributed by atoms with van der Waals surface area (Å²) in [5.74, 6) is 0.203. The lowest BCUT2D eigenvalue weighted by Crippen LogP contribution is -2.24. The van der Waals surface area contributed by atoms with Crippen molar-refractivity contribution in [3.8, 4) is 17.1 Å². The van der Waals surface area contributed by atoms with Gasteiger partial charge in [-0.25, -0.2) is 4.68 Å². The van der Waals surface area contributed by atoms with E-state index in [0.717, 1.165) is 11.3 Å². The van der Waals surface area contributed by atoms with Crippen LogP contribution in [-0.2, 0) is 0 Å². The number of aryl methyl sites for hydroxylation is 1. The van der Waals surface area contributed by atoms with Gasteiger partial charge in [0.25, 0.3) is 5.91 Å². The topological polar surface area (TPSA) is 73.0 Å². The maximum absolute atomic E-state index is 12.3. The van der Waals surface area contributed by atoms with Crippen LogP contribution in [0.2, 0.25) is 0 Å². The van der Waals surface area contributed by atoms with Crippen molar-refractivity contribution >= 4 is 5.91 Å². The number of aromatic nitrogens is 3. The standard InChI is InChI=1S/C17H16N4O2/c1-3-10-18-17(22)15-16(14-5-4-11-23-14)21(20-19-15)13-8-6-12(2)7-9-13/h3-9,11H,1,10H2,2H3,(H,18,22). The van der Waals surface area contributed by atoms with E-state index in [1.54, 1.807) is 29.2 Å². The fourth-order valence-corrected chi connectivity index (χ4v) is 2.18. The average molecular weight is 308 g/mol. The Bertz CT molecular complexity index is 817.